The van der Waals surface area contributed by atoms with Gasteiger partial charge in [-0.25, -0.2) is 38.5 Å². The zero-order valence-corrected chi connectivity index (χ0v) is 70.2. The molecular formula is C86H105N9O33. The van der Waals surface area contributed by atoms with E-state index in [1.165, 1.54) is 102 Å². The van der Waals surface area contributed by atoms with E-state index in [1.807, 2.05) is 0 Å². The fourth-order valence-corrected chi connectivity index (χ4v) is 16.1. The van der Waals surface area contributed by atoms with Crippen LogP contribution in [0.5, 0.6) is 34.5 Å². The van der Waals surface area contributed by atoms with Crippen molar-refractivity contribution in [2.45, 2.75) is 170 Å². The Kier molecular flexibility index (Phi) is 32.0. The number of nitrogens with zero attached hydrogens (tertiary/aromatic N) is 7. The highest BCUT2D eigenvalue weighted by atomic mass is 16.7. The van der Waals surface area contributed by atoms with Gasteiger partial charge in [-0.15, -0.1) is 16.9 Å². The third kappa shape index (κ3) is 22.6. The van der Waals surface area contributed by atoms with Crippen LogP contribution in [0.25, 0.3) is 5.69 Å². The number of hydrogen-bond acceptors (Lipinski definition) is 33. The van der Waals surface area contributed by atoms with Crippen LogP contribution in [0.3, 0.4) is 0 Å². The van der Waals surface area contributed by atoms with Gasteiger partial charge in [0.2, 0.25) is 18.5 Å². The van der Waals surface area contributed by atoms with Gasteiger partial charge in [-0.05, 0) is 110 Å². The number of hydrogen-bond donors (Lipinski definition) is 12. The number of carboxylic acid groups (broad SMARTS) is 2. The van der Waals surface area contributed by atoms with Gasteiger partial charge in [0.05, 0.1) is 134 Å². The molecule has 692 valence electrons. The van der Waals surface area contributed by atoms with Crippen molar-refractivity contribution in [1.82, 2.24) is 35.4 Å². The molecule has 5 fully saturated rings. The number of carbonyl (C=O) groups excluding carboxylic acids is 6. The van der Waals surface area contributed by atoms with Crippen LogP contribution in [0, 0.1) is 29.6 Å². The highest BCUT2D eigenvalue weighted by molar-refractivity contribution is 6.07. The van der Waals surface area contributed by atoms with Gasteiger partial charge in [-0.1, -0.05) is 47.7 Å². The van der Waals surface area contributed by atoms with Crippen molar-refractivity contribution in [3.8, 4) is 52.0 Å². The molecule has 7 heterocycles. The first-order valence-electron chi connectivity index (χ1n) is 41.9. The van der Waals surface area contributed by atoms with Gasteiger partial charge in [0, 0.05) is 51.0 Å². The number of rotatable bonds is 40. The summed E-state index contributed by atoms with van der Waals surface area (Å²) >= 11 is 0. The first kappa shape index (κ1) is 94.1. The number of benzene rings is 4. The minimum Gasteiger partial charge on any atom is -0.493 e. The Morgan fingerprint density at radius 1 is 0.531 bits per heavy atom. The van der Waals surface area contributed by atoms with Crippen LogP contribution < -0.4 is 48.9 Å². The molecule has 13 rings (SSSR count). The predicted octanol–water partition coefficient (Wildman–Crippen LogP) is 2.18. The lowest BCUT2D eigenvalue weighted by Gasteiger charge is -2.38. The van der Waals surface area contributed by atoms with Crippen LogP contribution in [0.15, 0.2) is 97.2 Å². The number of alkyl carbamates (subject to hydrolysis) is 1. The molecule has 8 aliphatic rings. The van der Waals surface area contributed by atoms with Crippen LogP contribution in [0.4, 0.5) is 25.8 Å². The summed E-state index contributed by atoms with van der Waals surface area (Å²) in [6, 6.07) is 13.5. The largest absolute Gasteiger partial charge is 0.493 e. The van der Waals surface area contributed by atoms with Crippen molar-refractivity contribution in [1.29, 1.82) is 0 Å². The highest BCUT2D eigenvalue weighted by Gasteiger charge is 2.53. The first-order valence-corrected chi connectivity index (χ1v) is 41.9. The summed E-state index contributed by atoms with van der Waals surface area (Å²) in [6.45, 7) is 9.94. The lowest BCUT2D eigenvalue weighted by molar-refractivity contribution is -0.271. The van der Waals surface area contributed by atoms with Crippen LogP contribution in [0.2, 0.25) is 0 Å². The zero-order valence-electron chi connectivity index (χ0n) is 70.2. The number of aliphatic hydroxyl groups is 8. The summed E-state index contributed by atoms with van der Waals surface area (Å²) in [5.41, 5.74) is 1.80. The molecule has 1 saturated carbocycles. The average molecular weight is 1790 g/mol. The van der Waals surface area contributed by atoms with Crippen LogP contribution in [-0.4, -0.2) is 316 Å². The lowest BCUT2D eigenvalue weighted by Crippen LogP contribution is -2.61. The molecule has 0 spiro atoms. The van der Waals surface area contributed by atoms with E-state index in [4.69, 9.17) is 71.1 Å². The zero-order chi connectivity index (χ0) is 91.0. The summed E-state index contributed by atoms with van der Waals surface area (Å²) in [7, 11) is 2.71. The van der Waals surface area contributed by atoms with Gasteiger partial charge in [0.15, 0.2) is 47.7 Å². The Balaban J connectivity index is 0.600. The molecule has 0 radical (unpaired) electrons. The summed E-state index contributed by atoms with van der Waals surface area (Å²) in [5, 5.41) is 120. The van der Waals surface area contributed by atoms with E-state index in [1.54, 1.807) is 0 Å². The third-order valence-electron chi connectivity index (χ3n) is 23.0. The maximum absolute atomic E-state index is 14.8. The second kappa shape index (κ2) is 43.5. The van der Waals surface area contributed by atoms with E-state index in [0.29, 0.717) is 93.3 Å². The van der Waals surface area contributed by atoms with Gasteiger partial charge in [-0.2, -0.15) is 0 Å². The Morgan fingerprint density at radius 3 is 1.54 bits per heavy atom. The Bertz CT molecular complexity index is 4850. The predicted molar refractivity (Wildman–Crippen MR) is 439 cm³/mol. The molecule has 17 atom stereocenters. The number of aliphatic hydroxyl groups excluding tert-OH is 8. The van der Waals surface area contributed by atoms with Crippen molar-refractivity contribution in [2.24, 2.45) is 17.8 Å². The monoisotopic (exact) mass is 1790 g/mol. The second-order valence-corrected chi connectivity index (χ2v) is 31.6. The molecule has 1 aromatic heterocycles. The number of carbonyl (C=O) groups is 8. The Hall–Kier alpha value is -11.5. The summed E-state index contributed by atoms with van der Waals surface area (Å²) in [4.78, 5) is 112. The molecular weight excluding hydrogens is 1690 g/mol. The van der Waals surface area contributed by atoms with Gasteiger partial charge < -0.3 is 143 Å². The summed E-state index contributed by atoms with van der Waals surface area (Å²) in [6.07, 6.45) is -18.5. The van der Waals surface area contributed by atoms with E-state index in [2.05, 4.69) is 45.9 Å². The fourth-order valence-electron chi connectivity index (χ4n) is 16.1. The normalized spacial score (nSPS) is 25.7. The number of methoxy groups -OCH3 is 2. The summed E-state index contributed by atoms with van der Waals surface area (Å²) < 4.78 is 86.8. The number of carboxylic acids is 2. The quantitative estimate of drug-likeness (QED) is 0.0116. The number of nitrogens with one attached hydrogen (secondary N) is 2. The van der Waals surface area contributed by atoms with Crippen molar-refractivity contribution in [3.05, 3.63) is 125 Å². The number of fused-ring (bicyclic) bond motifs is 5. The molecule has 4 aromatic carbocycles. The van der Waals surface area contributed by atoms with Crippen molar-refractivity contribution >= 4 is 59.3 Å². The van der Waals surface area contributed by atoms with Crippen molar-refractivity contribution in [3.63, 3.8) is 0 Å². The molecule has 12 N–H and O–H groups in total. The second-order valence-electron chi connectivity index (χ2n) is 31.6. The highest BCUT2D eigenvalue weighted by Crippen LogP contribution is 2.53. The number of aliphatic carboxylic acids is 2. The number of amides is 6. The third-order valence-corrected chi connectivity index (χ3v) is 23.0. The molecule has 42 heteroatoms. The molecule has 4 saturated heterocycles. The Morgan fingerprint density at radius 2 is 1.02 bits per heavy atom. The van der Waals surface area contributed by atoms with Crippen molar-refractivity contribution < 1.29 is 160 Å². The fraction of sp³-hybridized carbons (Fsp3) is 0.535. The van der Waals surface area contributed by atoms with Crippen LogP contribution >= 0.6 is 0 Å². The van der Waals surface area contributed by atoms with E-state index < -0.39 is 140 Å². The molecule has 6 aliphatic heterocycles. The SMILES string of the molecule is C=C1C[C@H]2[C@H](O)N(C(=O)OCc3ccc(O[C@@H]4O[C@H](C(=O)O)[C@@H](O)[C@H](O)[C@H]4O)cc3)c3cc(OCCCCCOc4cc5c(cc4OC)C(=O)N4CC(=C)C[C@H]4[C@H](O)N5C(=O)OCc4ccc(O[C@@H]5O[C@H](C(=O)O)[C@@H](O)[C@H](O)[C@H]5O)c(-n5cc(CNC(=O)CCOCCOCCOCCOCCNC(=O)OCC6[C@H]7CCC#CCC[C@@H]67)nn5)c4)c(OC)cc3C(=O)N2C1. The molecule has 1 unspecified atom stereocenters. The van der Waals surface area contributed by atoms with Crippen LogP contribution in [0.1, 0.15) is 102 Å². The Labute approximate surface area is 733 Å². The smallest absolute Gasteiger partial charge is 0.416 e. The van der Waals surface area contributed by atoms with E-state index in [9.17, 15) is 89.4 Å². The molecule has 6 amide bonds. The number of aromatic nitrogens is 3. The average Bonchev–Trinajstić information content (AvgIpc) is 1.60. The number of unbranched alkanes of at least 4 members (excludes halogenated alkanes) is 2. The van der Waals surface area contributed by atoms with Gasteiger partial charge in [0.25, 0.3) is 11.8 Å². The molecule has 128 heavy (non-hydrogen) atoms. The van der Waals surface area contributed by atoms with Crippen LogP contribution in [-0.2, 0) is 76.8 Å². The molecule has 5 aromatic rings. The minimum absolute atomic E-state index is 0.00407. The topological polar surface area (TPSA) is 545 Å². The maximum Gasteiger partial charge on any atom is 0.416 e. The number of ether oxygens (including phenoxy) is 15. The van der Waals surface area contributed by atoms with Crippen molar-refractivity contribution in [2.75, 3.05) is 116 Å². The standard InChI is InChI=1S/C86H105N9O33/c1-46-32-60-78(105)94(85(112)123-43-48-14-17-51(18-15-48)125-82-72(101)68(97)70(99)74(127-82)80(107)108)57-37-65(63(114-3)35-54(57)76(103)91(60)40-46)120-22-10-7-11-23-121-66-38-58-55(36-64(66)115-4)77(104)92-41-47(2)33-61(92)79(106)95(58)86(113)124-44-49-16-19-62(126-83-73(102)69(98)71(100)75(128-83)81(109)110)59(34-49)93-42-50(89-90-93)39-88-67(96)20-24-116-26-28-118-30-31-119-29-27-117-25-21-87-84(111)122-45-56-52-12-8-5-6-9-13-53(52)56/h14-19,34-38,42,52-53,56,60-61,68-75,78-79,82-83,97-102,105-106H,1-2,7-13,20-33,39-41,43-45H2,3-4H3,(H,87,111)(H,88,96)(H,107,108)(H,109,110)/t52-,53+,56?,60-,61-,68-,69-,70-,71-,72+,73+,74-,75-,78-,79-,82+,83+/m0/s1. The lowest BCUT2D eigenvalue weighted by atomic mass is 9.99. The molecule has 42 nitrogen and oxygen atoms in total. The minimum atomic E-state index is -2.05. The molecule has 2 aliphatic carbocycles. The number of anilines is 2. The van der Waals surface area contributed by atoms with E-state index in [-0.39, 0.29) is 159 Å². The van der Waals surface area contributed by atoms with E-state index in [0.717, 1.165) is 35.5 Å². The maximum atomic E-state index is 14.8. The molecule has 0 bridgehead atoms. The summed E-state index contributed by atoms with van der Waals surface area (Å²) in [5.74, 6) is 3.44. The van der Waals surface area contributed by atoms with Gasteiger partial charge in [0.1, 0.15) is 72.7 Å². The van der Waals surface area contributed by atoms with Gasteiger partial charge in [-0.3, -0.25) is 14.4 Å². The first-order chi connectivity index (χ1) is 61.7. The van der Waals surface area contributed by atoms with E-state index >= 15 is 0 Å². The van der Waals surface area contributed by atoms with Gasteiger partial charge >= 0.3 is 30.2 Å².